The predicted octanol–water partition coefficient (Wildman–Crippen LogP) is 4.93. The van der Waals surface area contributed by atoms with Gasteiger partial charge in [-0.1, -0.05) is 12.1 Å². The van der Waals surface area contributed by atoms with Crippen molar-refractivity contribution in [2.24, 2.45) is 17.8 Å². The van der Waals surface area contributed by atoms with E-state index in [1.54, 1.807) is 7.11 Å². The summed E-state index contributed by atoms with van der Waals surface area (Å²) in [5.74, 6) is 3.96. The van der Waals surface area contributed by atoms with Crippen molar-refractivity contribution < 1.29 is 4.74 Å². The Kier molecular flexibility index (Phi) is 2.74. The van der Waals surface area contributed by atoms with Gasteiger partial charge in [-0.2, -0.15) is 0 Å². The molecule has 0 spiro atoms. The molecular formula is C17H21BrO. The third-order valence-corrected chi connectivity index (χ3v) is 6.61. The summed E-state index contributed by atoms with van der Waals surface area (Å²) in [5, 5.41) is 0. The lowest BCUT2D eigenvalue weighted by atomic mass is 9.48. The predicted molar refractivity (Wildman–Crippen MR) is 80.5 cm³/mol. The van der Waals surface area contributed by atoms with Gasteiger partial charge in [-0.25, -0.2) is 0 Å². The monoisotopic (exact) mass is 320 g/mol. The van der Waals surface area contributed by atoms with E-state index in [1.807, 2.05) is 0 Å². The molecule has 0 N–H and O–H groups in total. The molecule has 0 saturated heterocycles. The molecule has 1 aromatic carbocycles. The van der Waals surface area contributed by atoms with Gasteiger partial charge in [0.15, 0.2) is 0 Å². The molecule has 1 aromatic rings. The quantitative estimate of drug-likeness (QED) is 0.751. The molecule has 5 rings (SSSR count). The summed E-state index contributed by atoms with van der Waals surface area (Å²) >= 11 is 3.81. The first-order valence-electron chi connectivity index (χ1n) is 7.53. The number of ether oxygens (including phenoxy) is 1. The molecule has 0 amide bonds. The fraction of sp³-hybridized carbons (Fsp3) is 0.647. The van der Waals surface area contributed by atoms with Gasteiger partial charge in [0.05, 0.1) is 11.6 Å². The van der Waals surface area contributed by atoms with Gasteiger partial charge in [0, 0.05) is 0 Å². The zero-order valence-electron chi connectivity index (χ0n) is 11.5. The summed E-state index contributed by atoms with van der Waals surface area (Å²) < 4.78 is 6.71. The normalized spacial score (nSPS) is 39.6. The number of hydrogen-bond acceptors (Lipinski definition) is 1. The highest BCUT2D eigenvalue weighted by Gasteiger charge is 2.52. The van der Waals surface area contributed by atoms with E-state index in [0.717, 1.165) is 23.5 Å². The van der Waals surface area contributed by atoms with E-state index in [9.17, 15) is 0 Å². The van der Waals surface area contributed by atoms with E-state index in [-0.39, 0.29) is 0 Å². The van der Waals surface area contributed by atoms with Crippen LogP contribution in [0.1, 0.15) is 44.1 Å². The molecule has 0 heterocycles. The maximum Gasteiger partial charge on any atom is 0.133 e. The Morgan fingerprint density at radius 3 is 2.16 bits per heavy atom. The molecule has 19 heavy (non-hydrogen) atoms. The second-order valence-electron chi connectivity index (χ2n) is 7.02. The second-order valence-corrected chi connectivity index (χ2v) is 7.81. The van der Waals surface area contributed by atoms with Crippen molar-refractivity contribution in [1.29, 1.82) is 0 Å². The fourth-order valence-electron chi connectivity index (χ4n) is 5.52. The number of halogens is 1. The summed E-state index contributed by atoms with van der Waals surface area (Å²) in [5.41, 5.74) is 1.97. The number of hydrogen-bond donors (Lipinski definition) is 0. The van der Waals surface area contributed by atoms with Crippen LogP contribution in [-0.2, 0) is 5.41 Å². The molecule has 4 aliphatic rings. The summed E-state index contributed by atoms with van der Waals surface area (Å²) in [6, 6.07) is 6.56. The van der Waals surface area contributed by atoms with Gasteiger partial charge < -0.3 is 4.74 Å². The van der Waals surface area contributed by atoms with Gasteiger partial charge in [0.1, 0.15) is 5.75 Å². The Morgan fingerprint density at radius 1 is 1.05 bits per heavy atom. The smallest absolute Gasteiger partial charge is 0.133 e. The lowest BCUT2D eigenvalue weighted by Gasteiger charge is -2.57. The minimum Gasteiger partial charge on any atom is -0.496 e. The van der Waals surface area contributed by atoms with Crippen molar-refractivity contribution >= 4 is 15.9 Å². The Labute approximate surface area is 123 Å². The molecule has 0 radical (unpaired) electrons. The standard InChI is InChI=1S/C17H21BrO/c1-19-15-4-2-3-14(16(15)18)17-8-11-5-12(9-17)7-13(6-11)10-17/h2-4,11-13H,5-10H2,1H3. The van der Waals surface area contributed by atoms with Crippen LogP contribution in [0.3, 0.4) is 0 Å². The van der Waals surface area contributed by atoms with E-state index in [4.69, 9.17) is 4.74 Å². The molecule has 0 atom stereocenters. The molecular weight excluding hydrogens is 300 g/mol. The van der Waals surface area contributed by atoms with Gasteiger partial charge >= 0.3 is 0 Å². The molecule has 102 valence electrons. The summed E-state index contributed by atoms with van der Waals surface area (Å²) in [6.07, 6.45) is 8.73. The molecule has 4 saturated carbocycles. The van der Waals surface area contributed by atoms with Crippen molar-refractivity contribution in [2.75, 3.05) is 7.11 Å². The lowest BCUT2D eigenvalue weighted by molar-refractivity contribution is -0.00561. The van der Waals surface area contributed by atoms with E-state index in [0.29, 0.717) is 5.41 Å². The zero-order valence-corrected chi connectivity index (χ0v) is 13.1. The van der Waals surface area contributed by atoms with Gasteiger partial charge in [0.2, 0.25) is 0 Å². The van der Waals surface area contributed by atoms with Crippen LogP contribution in [0.25, 0.3) is 0 Å². The summed E-state index contributed by atoms with van der Waals surface area (Å²) in [6.45, 7) is 0. The van der Waals surface area contributed by atoms with Crippen LogP contribution in [0.5, 0.6) is 5.75 Å². The highest BCUT2D eigenvalue weighted by molar-refractivity contribution is 9.10. The van der Waals surface area contributed by atoms with Crippen molar-refractivity contribution in [2.45, 2.75) is 43.9 Å². The van der Waals surface area contributed by atoms with Gasteiger partial charge in [0.25, 0.3) is 0 Å². The van der Waals surface area contributed by atoms with Crippen LogP contribution in [0.2, 0.25) is 0 Å². The number of rotatable bonds is 2. The topological polar surface area (TPSA) is 9.23 Å². The lowest BCUT2D eigenvalue weighted by Crippen LogP contribution is -2.48. The first kappa shape index (κ1) is 12.3. The molecule has 0 unspecified atom stereocenters. The largest absolute Gasteiger partial charge is 0.496 e. The minimum atomic E-state index is 0.447. The van der Waals surface area contributed by atoms with Gasteiger partial charge in [-0.05, 0) is 89.3 Å². The second kappa shape index (κ2) is 4.25. The van der Waals surface area contributed by atoms with E-state index in [1.165, 1.54) is 48.6 Å². The Morgan fingerprint density at radius 2 is 1.63 bits per heavy atom. The highest BCUT2D eigenvalue weighted by Crippen LogP contribution is 2.61. The van der Waals surface area contributed by atoms with E-state index >= 15 is 0 Å². The van der Waals surface area contributed by atoms with Crippen LogP contribution >= 0.6 is 15.9 Å². The average molecular weight is 321 g/mol. The SMILES string of the molecule is COc1cccc(C23CC4CC(CC(C4)C2)C3)c1Br. The summed E-state index contributed by atoms with van der Waals surface area (Å²) in [4.78, 5) is 0. The molecule has 4 bridgehead atoms. The van der Waals surface area contributed by atoms with Crippen LogP contribution in [0.4, 0.5) is 0 Å². The van der Waals surface area contributed by atoms with Crippen molar-refractivity contribution in [1.82, 2.24) is 0 Å². The number of benzene rings is 1. The fourth-order valence-corrected chi connectivity index (χ4v) is 6.37. The highest BCUT2D eigenvalue weighted by atomic mass is 79.9. The molecule has 0 aliphatic heterocycles. The Bertz CT molecular complexity index is 473. The van der Waals surface area contributed by atoms with Gasteiger partial charge in [-0.3, -0.25) is 0 Å². The van der Waals surface area contributed by atoms with Crippen molar-refractivity contribution in [3.05, 3.63) is 28.2 Å². The zero-order chi connectivity index (χ0) is 13.0. The van der Waals surface area contributed by atoms with Gasteiger partial charge in [-0.15, -0.1) is 0 Å². The van der Waals surface area contributed by atoms with E-state index < -0.39 is 0 Å². The molecule has 0 aromatic heterocycles. The maximum atomic E-state index is 5.50. The van der Waals surface area contributed by atoms with Crippen molar-refractivity contribution in [3.8, 4) is 5.75 Å². The Balaban J connectivity index is 1.79. The first-order valence-corrected chi connectivity index (χ1v) is 8.32. The Hall–Kier alpha value is -0.500. The average Bonchev–Trinajstić information content (AvgIpc) is 2.37. The van der Waals surface area contributed by atoms with Crippen LogP contribution in [-0.4, -0.2) is 7.11 Å². The van der Waals surface area contributed by atoms with Crippen LogP contribution < -0.4 is 4.74 Å². The molecule has 4 fully saturated rings. The minimum absolute atomic E-state index is 0.447. The first-order chi connectivity index (χ1) is 9.20. The van der Waals surface area contributed by atoms with Crippen molar-refractivity contribution in [3.63, 3.8) is 0 Å². The molecule has 2 heteroatoms. The molecule has 4 aliphatic carbocycles. The molecule has 1 nitrogen and oxygen atoms in total. The van der Waals surface area contributed by atoms with E-state index in [2.05, 4.69) is 34.1 Å². The summed E-state index contributed by atoms with van der Waals surface area (Å²) in [7, 11) is 1.77. The van der Waals surface area contributed by atoms with Crippen LogP contribution in [0.15, 0.2) is 22.7 Å². The third kappa shape index (κ3) is 1.79. The third-order valence-electron chi connectivity index (χ3n) is 5.79. The van der Waals surface area contributed by atoms with Crippen LogP contribution in [0, 0.1) is 17.8 Å². The maximum absolute atomic E-state index is 5.50. The number of methoxy groups -OCH3 is 1.